The molecule has 4 heteroatoms. The van der Waals surface area contributed by atoms with Gasteiger partial charge in [-0.3, -0.25) is 9.59 Å². The fraction of sp³-hybridized carbons (Fsp3) is 0.571. The van der Waals surface area contributed by atoms with Gasteiger partial charge in [0.05, 0.1) is 11.8 Å². The van der Waals surface area contributed by atoms with Crippen molar-refractivity contribution in [2.45, 2.75) is 39.5 Å². The first-order valence-corrected chi connectivity index (χ1v) is 6.44. The highest BCUT2D eigenvalue weighted by Crippen LogP contribution is 2.37. The standard InChI is InChI=1S/C14H20N2O2/c1-9(2)4-3-5-10-6-7-11-12(8-10)14(18)16(15)13(11)17/h4,6,11-12H,3,5,7-8,15H2,1-2H3/t11-,12+/m0/s1. The number of carbonyl (C=O) groups excluding carboxylic acids is 2. The Balaban J connectivity index is 2.00. The summed E-state index contributed by atoms with van der Waals surface area (Å²) >= 11 is 0. The Kier molecular flexibility index (Phi) is 3.66. The quantitative estimate of drug-likeness (QED) is 0.359. The van der Waals surface area contributed by atoms with E-state index in [4.69, 9.17) is 5.84 Å². The fourth-order valence-corrected chi connectivity index (χ4v) is 2.71. The molecule has 0 radical (unpaired) electrons. The molecule has 98 valence electrons. The number of imide groups is 1. The minimum atomic E-state index is -0.218. The van der Waals surface area contributed by atoms with Crippen LogP contribution in [0.5, 0.6) is 0 Å². The van der Waals surface area contributed by atoms with Gasteiger partial charge in [-0.05, 0) is 39.5 Å². The summed E-state index contributed by atoms with van der Waals surface area (Å²) in [5.41, 5.74) is 2.59. The molecule has 4 nitrogen and oxygen atoms in total. The SMILES string of the molecule is CC(C)=CCCC1=CC[C@@H]2C(=O)N(N)C(=O)[C@@H]2C1. The number of carbonyl (C=O) groups is 2. The highest BCUT2D eigenvalue weighted by Gasteiger charge is 2.47. The fourth-order valence-electron chi connectivity index (χ4n) is 2.71. The first-order valence-electron chi connectivity index (χ1n) is 6.44. The van der Waals surface area contributed by atoms with Crippen LogP contribution in [0.3, 0.4) is 0 Å². The molecular formula is C14H20N2O2. The van der Waals surface area contributed by atoms with Gasteiger partial charge in [0.25, 0.3) is 0 Å². The minimum absolute atomic E-state index is 0.210. The third kappa shape index (κ3) is 2.38. The molecule has 2 aliphatic rings. The molecule has 0 bridgehead atoms. The van der Waals surface area contributed by atoms with E-state index in [9.17, 15) is 9.59 Å². The molecule has 18 heavy (non-hydrogen) atoms. The molecule has 0 aromatic rings. The molecule has 2 amide bonds. The van der Waals surface area contributed by atoms with Gasteiger partial charge < -0.3 is 0 Å². The Morgan fingerprint density at radius 1 is 1.39 bits per heavy atom. The Bertz CT molecular complexity index is 433. The monoisotopic (exact) mass is 248 g/mol. The number of hydrazine groups is 1. The van der Waals surface area contributed by atoms with Gasteiger partial charge in [-0.2, -0.15) is 0 Å². The predicted molar refractivity (Wildman–Crippen MR) is 69.0 cm³/mol. The lowest BCUT2D eigenvalue weighted by Crippen LogP contribution is -2.37. The van der Waals surface area contributed by atoms with E-state index in [2.05, 4.69) is 26.0 Å². The average molecular weight is 248 g/mol. The van der Waals surface area contributed by atoms with Crippen molar-refractivity contribution in [1.29, 1.82) is 0 Å². The Hall–Kier alpha value is -1.42. The van der Waals surface area contributed by atoms with Crippen LogP contribution >= 0.6 is 0 Å². The van der Waals surface area contributed by atoms with Crippen molar-refractivity contribution < 1.29 is 9.59 Å². The van der Waals surface area contributed by atoms with Crippen molar-refractivity contribution in [1.82, 2.24) is 5.01 Å². The zero-order chi connectivity index (χ0) is 13.3. The lowest BCUT2D eigenvalue weighted by molar-refractivity contribution is -0.140. The number of amides is 2. The third-order valence-corrected chi connectivity index (χ3v) is 3.76. The van der Waals surface area contributed by atoms with E-state index in [1.54, 1.807) is 0 Å². The van der Waals surface area contributed by atoms with Gasteiger partial charge in [-0.1, -0.05) is 23.3 Å². The van der Waals surface area contributed by atoms with Crippen molar-refractivity contribution in [3.05, 3.63) is 23.3 Å². The van der Waals surface area contributed by atoms with Crippen LogP contribution < -0.4 is 5.84 Å². The Morgan fingerprint density at radius 3 is 2.72 bits per heavy atom. The molecule has 0 saturated carbocycles. The maximum absolute atomic E-state index is 11.8. The summed E-state index contributed by atoms with van der Waals surface area (Å²) in [5, 5.41) is 0.808. The second kappa shape index (κ2) is 5.06. The van der Waals surface area contributed by atoms with Gasteiger partial charge in [0.1, 0.15) is 0 Å². The molecule has 2 rings (SSSR count). The van der Waals surface area contributed by atoms with Gasteiger partial charge in [0.15, 0.2) is 0 Å². The van der Waals surface area contributed by atoms with Crippen LogP contribution in [-0.4, -0.2) is 16.8 Å². The zero-order valence-corrected chi connectivity index (χ0v) is 11.0. The summed E-state index contributed by atoms with van der Waals surface area (Å²) < 4.78 is 0. The first-order chi connectivity index (χ1) is 8.50. The van der Waals surface area contributed by atoms with Crippen LogP contribution in [0.1, 0.15) is 39.5 Å². The Morgan fingerprint density at radius 2 is 2.06 bits per heavy atom. The van der Waals surface area contributed by atoms with Crippen LogP contribution in [0.25, 0.3) is 0 Å². The summed E-state index contributed by atoms with van der Waals surface area (Å²) in [6, 6.07) is 0. The smallest absolute Gasteiger partial charge is 0.247 e. The largest absolute Gasteiger partial charge is 0.273 e. The number of rotatable bonds is 3. The van der Waals surface area contributed by atoms with Crippen molar-refractivity contribution in [2.24, 2.45) is 17.7 Å². The number of hydrogen-bond donors (Lipinski definition) is 1. The summed E-state index contributed by atoms with van der Waals surface area (Å²) in [7, 11) is 0. The topological polar surface area (TPSA) is 63.4 Å². The number of allylic oxidation sites excluding steroid dienone is 4. The lowest BCUT2D eigenvalue weighted by atomic mass is 9.80. The van der Waals surface area contributed by atoms with E-state index in [1.165, 1.54) is 11.1 Å². The van der Waals surface area contributed by atoms with Gasteiger partial charge >= 0.3 is 0 Å². The Labute approximate surface area is 107 Å². The van der Waals surface area contributed by atoms with E-state index in [0.717, 1.165) is 17.9 Å². The number of hydrogen-bond acceptors (Lipinski definition) is 3. The van der Waals surface area contributed by atoms with Gasteiger partial charge in [-0.15, -0.1) is 0 Å². The van der Waals surface area contributed by atoms with E-state index in [0.29, 0.717) is 12.8 Å². The molecule has 1 heterocycles. The third-order valence-electron chi connectivity index (χ3n) is 3.76. The predicted octanol–water partition coefficient (Wildman–Crippen LogP) is 1.93. The molecule has 0 spiro atoms. The summed E-state index contributed by atoms with van der Waals surface area (Å²) in [6.07, 6.45) is 7.64. The molecule has 0 aromatic heterocycles. The van der Waals surface area contributed by atoms with Crippen LogP contribution in [0.2, 0.25) is 0 Å². The highest BCUT2D eigenvalue weighted by atomic mass is 16.2. The molecule has 1 aliphatic carbocycles. The number of nitrogens with zero attached hydrogens (tertiary/aromatic N) is 1. The van der Waals surface area contributed by atoms with Crippen LogP contribution in [0.4, 0.5) is 0 Å². The van der Waals surface area contributed by atoms with Crippen molar-refractivity contribution in [2.75, 3.05) is 0 Å². The molecule has 0 aromatic carbocycles. The molecular weight excluding hydrogens is 228 g/mol. The van der Waals surface area contributed by atoms with Crippen molar-refractivity contribution in [3.8, 4) is 0 Å². The number of nitrogens with two attached hydrogens (primary N) is 1. The zero-order valence-electron chi connectivity index (χ0n) is 11.0. The van der Waals surface area contributed by atoms with Crippen LogP contribution in [0, 0.1) is 11.8 Å². The van der Waals surface area contributed by atoms with E-state index < -0.39 is 0 Å². The summed E-state index contributed by atoms with van der Waals surface area (Å²) in [5.74, 6) is 4.61. The normalized spacial score (nSPS) is 27.1. The lowest BCUT2D eigenvalue weighted by Gasteiger charge is -2.21. The molecule has 0 unspecified atom stereocenters. The van der Waals surface area contributed by atoms with Gasteiger partial charge in [0.2, 0.25) is 11.8 Å². The second-order valence-electron chi connectivity index (χ2n) is 5.38. The molecule has 2 atom stereocenters. The maximum atomic E-state index is 11.8. The minimum Gasteiger partial charge on any atom is -0.273 e. The summed E-state index contributed by atoms with van der Waals surface area (Å²) in [6.45, 7) is 4.16. The van der Waals surface area contributed by atoms with Gasteiger partial charge in [-0.25, -0.2) is 10.9 Å². The summed E-state index contributed by atoms with van der Waals surface area (Å²) in [4.78, 5) is 23.5. The van der Waals surface area contributed by atoms with Gasteiger partial charge in [0, 0.05) is 0 Å². The van der Waals surface area contributed by atoms with E-state index in [-0.39, 0.29) is 23.7 Å². The van der Waals surface area contributed by atoms with E-state index in [1.807, 2.05) is 0 Å². The van der Waals surface area contributed by atoms with E-state index >= 15 is 0 Å². The molecule has 1 aliphatic heterocycles. The maximum Gasteiger partial charge on any atom is 0.247 e. The van der Waals surface area contributed by atoms with Crippen molar-refractivity contribution in [3.63, 3.8) is 0 Å². The van der Waals surface area contributed by atoms with Crippen LogP contribution in [0.15, 0.2) is 23.3 Å². The average Bonchev–Trinajstić information content (AvgIpc) is 2.54. The first kappa shape index (κ1) is 13.0. The molecule has 1 fully saturated rings. The van der Waals surface area contributed by atoms with Crippen LogP contribution in [-0.2, 0) is 9.59 Å². The van der Waals surface area contributed by atoms with Crippen molar-refractivity contribution >= 4 is 11.8 Å². The molecule has 2 N–H and O–H groups in total. The highest BCUT2D eigenvalue weighted by molar-refractivity contribution is 6.04. The number of fused-ring (bicyclic) bond motifs is 1. The molecule has 1 saturated heterocycles. The second-order valence-corrected chi connectivity index (χ2v) is 5.38.